The largest absolute Gasteiger partial charge is 0.480 e. The summed E-state index contributed by atoms with van der Waals surface area (Å²) in [6.07, 6.45) is 3.81. The summed E-state index contributed by atoms with van der Waals surface area (Å²) in [6.45, 7) is 8.63. The molecule has 0 aromatic carbocycles. The first-order valence-corrected chi connectivity index (χ1v) is 17.2. The van der Waals surface area contributed by atoms with E-state index in [-0.39, 0.29) is 42.6 Å². The third-order valence-electron chi connectivity index (χ3n) is 9.38. The highest BCUT2D eigenvalue weighted by molar-refractivity contribution is 5.97. The number of nitrogens with zero attached hydrogens (tertiary/aromatic N) is 4. The Hall–Kier alpha value is -3.95. The summed E-state index contributed by atoms with van der Waals surface area (Å²) in [5.74, 6) is -3.49. The second-order valence-corrected chi connectivity index (χ2v) is 13.9. The average molecular weight is 678 g/mol. The quantitative estimate of drug-likeness (QED) is 0.0708. The third-order valence-corrected chi connectivity index (χ3v) is 9.38. The lowest BCUT2D eigenvalue weighted by molar-refractivity contribution is -0.153. The van der Waals surface area contributed by atoms with Crippen molar-refractivity contribution in [3.8, 4) is 0 Å². The molecule has 3 rings (SSSR count). The highest BCUT2D eigenvalue weighted by Crippen LogP contribution is 2.29. The molecular formula is C32H55N9O7. The van der Waals surface area contributed by atoms with Gasteiger partial charge in [0.2, 0.25) is 29.5 Å². The van der Waals surface area contributed by atoms with Crippen molar-refractivity contribution in [2.24, 2.45) is 34.0 Å². The van der Waals surface area contributed by atoms with Crippen LogP contribution in [0.25, 0.3) is 0 Å². The molecule has 0 saturated carbocycles. The van der Waals surface area contributed by atoms with Crippen molar-refractivity contribution in [2.45, 2.75) is 122 Å². The van der Waals surface area contributed by atoms with Crippen molar-refractivity contribution in [2.75, 3.05) is 26.2 Å². The van der Waals surface area contributed by atoms with E-state index >= 15 is 0 Å². The second-order valence-electron chi connectivity index (χ2n) is 13.9. The number of hydrogen-bond acceptors (Lipinski definition) is 8. The monoisotopic (exact) mass is 677 g/mol. The maximum Gasteiger partial charge on any atom is 0.326 e. The molecule has 48 heavy (non-hydrogen) atoms. The minimum atomic E-state index is -1.05. The van der Waals surface area contributed by atoms with E-state index in [9.17, 15) is 33.9 Å². The molecule has 3 fully saturated rings. The lowest BCUT2D eigenvalue weighted by Gasteiger charge is -2.35. The van der Waals surface area contributed by atoms with Crippen molar-refractivity contribution in [1.29, 1.82) is 0 Å². The van der Waals surface area contributed by atoms with Gasteiger partial charge in [0.15, 0.2) is 5.96 Å². The smallest absolute Gasteiger partial charge is 0.326 e. The molecule has 0 aromatic heterocycles. The molecule has 0 aliphatic carbocycles. The van der Waals surface area contributed by atoms with Crippen molar-refractivity contribution in [3.05, 3.63) is 0 Å². The molecule has 270 valence electrons. The van der Waals surface area contributed by atoms with Crippen molar-refractivity contribution in [1.82, 2.24) is 25.3 Å². The third kappa shape index (κ3) is 9.80. The first-order chi connectivity index (χ1) is 22.6. The van der Waals surface area contributed by atoms with E-state index in [2.05, 4.69) is 15.6 Å². The van der Waals surface area contributed by atoms with Crippen LogP contribution in [0.4, 0.5) is 0 Å². The van der Waals surface area contributed by atoms with Crippen LogP contribution >= 0.6 is 0 Å². The Balaban J connectivity index is 1.77. The highest BCUT2D eigenvalue weighted by atomic mass is 16.4. The van der Waals surface area contributed by atoms with E-state index < -0.39 is 59.9 Å². The van der Waals surface area contributed by atoms with Crippen molar-refractivity contribution in [3.63, 3.8) is 0 Å². The molecule has 6 unspecified atom stereocenters. The normalized spacial score (nSPS) is 22.8. The average Bonchev–Trinajstić information content (AvgIpc) is 3.81. The zero-order valence-electron chi connectivity index (χ0n) is 28.7. The Kier molecular flexibility index (Phi) is 14.0. The predicted molar refractivity (Wildman–Crippen MR) is 178 cm³/mol. The summed E-state index contributed by atoms with van der Waals surface area (Å²) in [5.41, 5.74) is 16.9. The molecule has 3 aliphatic heterocycles. The molecule has 3 saturated heterocycles. The number of aliphatic carboxylic acids is 1. The predicted octanol–water partition coefficient (Wildman–Crippen LogP) is -0.903. The standard InChI is InChI=1S/C32H55N9O7/c1-18(2)17-21(38-26(42)20(9-5-13-36-32(34)35)37-27(43)25(33)19(3)4)28(44)39-14-6-10-22(39)29(45)40-15-7-11-23(40)30(46)41-16-8-12-24(41)31(47)48/h18-25H,5-17,33H2,1-4H3,(H,37,43)(H,38,42)(H,47,48)(H4,34,35,36). The van der Waals surface area contributed by atoms with Crippen molar-refractivity contribution >= 4 is 41.5 Å². The topological polar surface area (TPSA) is 247 Å². The lowest BCUT2D eigenvalue weighted by atomic mass is 10.00. The van der Waals surface area contributed by atoms with Gasteiger partial charge in [-0.15, -0.1) is 0 Å². The Morgan fingerprint density at radius 2 is 1.27 bits per heavy atom. The van der Waals surface area contributed by atoms with Crippen LogP contribution < -0.4 is 27.8 Å². The number of guanidine groups is 1. The molecule has 3 aliphatic rings. The number of hydrogen-bond donors (Lipinski definition) is 6. The van der Waals surface area contributed by atoms with E-state index in [1.807, 2.05) is 13.8 Å². The summed E-state index contributed by atoms with van der Waals surface area (Å²) >= 11 is 0. The molecule has 5 amide bonds. The number of likely N-dealkylation sites (tertiary alicyclic amines) is 3. The Bertz CT molecular complexity index is 1220. The number of carboxylic acid groups (broad SMARTS) is 1. The summed E-state index contributed by atoms with van der Waals surface area (Å²) in [7, 11) is 0. The maximum atomic E-state index is 14.1. The number of carbonyl (C=O) groups excluding carboxylic acids is 5. The molecule has 16 nitrogen and oxygen atoms in total. The molecule has 0 spiro atoms. The molecule has 0 radical (unpaired) electrons. The molecular weight excluding hydrogens is 622 g/mol. The van der Waals surface area contributed by atoms with Gasteiger partial charge >= 0.3 is 5.97 Å². The van der Waals surface area contributed by atoms with Gasteiger partial charge in [-0.3, -0.25) is 29.0 Å². The summed E-state index contributed by atoms with van der Waals surface area (Å²) < 4.78 is 0. The van der Waals surface area contributed by atoms with Gasteiger partial charge in [0.05, 0.1) is 6.04 Å². The molecule has 6 atom stereocenters. The van der Waals surface area contributed by atoms with Gasteiger partial charge in [0, 0.05) is 26.2 Å². The zero-order valence-corrected chi connectivity index (χ0v) is 28.7. The van der Waals surface area contributed by atoms with Gasteiger partial charge in [0.1, 0.15) is 30.2 Å². The zero-order chi connectivity index (χ0) is 35.7. The number of nitrogens with one attached hydrogen (secondary N) is 2. The lowest BCUT2D eigenvalue weighted by Crippen LogP contribution is -2.59. The van der Waals surface area contributed by atoms with Gasteiger partial charge in [-0.1, -0.05) is 27.7 Å². The van der Waals surface area contributed by atoms with Crippen LogP contribution in [0.15, 0.2) is 4.99 Å². The first kappa shape index (κ1) is 38.5. The van der Waals surface area contributed by atoms with Crippen LogP contribution in [0.1, 0.15) is 85.5 Å². The van der Waals surface area contributed by atoms with Crippen LogP contribution in [0.2, 0.25) is 0 Å². The number of rotatable bonds is 15. The van der Waals surface area contributed by atoms with E-state index in [4.69, 9.17) is 17.2 Å². The number of nitrogens with two attached hydrogens (primary N) is 3. The van der Waals surface area contributed by atoms with Gasteiger partial charge in [0.25, 0.3) is 0 Å². The van der Waals surface area contributed by atoms with Crippen molar-refractivity contribution < 1.29 is 33.9 Å². The fourth-order valence-corrected chi connectivity index (χ4v) is 6.75. The van der Waals surface area contributed by atoms with Gasteiger partial charge in [-0.2, -0.15) is 0 Å². The van der Waals surface area contributed by atoms with Crippen LogP contribution in [-0.4, -0.2) is 124 Å². The Labute approximate surface area is 282 Å². The number of carboxylic acids is 1. The summed E-state index contributed by atoms with van der Waals surface area (Å²) in [6, 6.07) is -5.32. The number of aliphatic imine (C=N–C) groups is 1. The van der Waals surface area contributed by atoms with E-state index in [1.54, 1.807) is 13.8 Å². The molecule has 16 heteroatoms. The summed E-state index contributed by atoms with van der Waals surface area (Å²) in [4.78, 5) is 88.2. The minimum absolute atomic E-state index is 0.00324. The van der Waals surface area contributed by atoms with Gasteiger partial charge in [-0.25, -0.2) is 4.79 Å². The van der Waals surface area contributed by atoms with Gasteiger partial charge in [-0.05, 0) is 69.6 Å². The Morgan fingerprint density at radius 1 is 0.771 bits per heavy atom. The second kappa shape index (κ2) is 17.4. The first-order valence-electron chi connectivity index (χ1n) is 17.2. The number of amides is 5. The molecule has 0 aromatic rings. The van der Waals surface area contributed by atoms with Crippen LogP contribution in [0, 0.1) is 11.8 Å². The van der Waals surface area contributed by atoms with Crippen LogP contribution in [-0.2, 0) is 28.8 Å². The minimum Gasteiger partial charge on any atom is -0.480 e. The Morgan fingerprint density at radius 3 is 1.79 bits per heavy atom. The molecule has 9 N–H and O–H groups in total. The van der Waals surface area contributed by atoms with Gasteiger partial charge < -0.3 is 47.6 Å². The molecule has 3 heterocycles. The summed E-state index contributed by atoms with van der Waals surface area (Å²) in [5, 5.41) is 15.2. The van der Waals surface area contributed by atoms with E-state index in [1.165, 1.54) is 14.7 Å². The molecule has 0 bridgehead atoms. The fourth-order valence-electron chi connectivity index (χ4n) is 6.75. The van der Waals surface area contributed by atoms with Crippen LogP contribution in [0.3, 0.4) is 0 Å². The SMILES string of the molecule is CC(C)CC(NC(=O)C(CCCN=C(N)N)NC(=O)C(N)C(C)C)C(=O)N1CCCC1C(=O)N1CCCC1C(=O)N1CCCC1C(=O)O. The highest BCUT2D eigenvalue weighted by Gasteiger charge is 2.46. The van der Waals surface area contributed by atoms with E-state index in [0.717, 1.165) is 0 Å². The van der Waals surface area contributed by atoms with E-state index in [0.29, 0.717) is 71.0 Å². The fraction of sp³-hybridized carbons (Fsp3) is 0.781. The maximum absolute atomic E-state index is 14.1. The van der Waals surface area contributed by atoms with Crippen LogP contribution in [0.5, 0.6) is 0 Å². The number of carbonyl (C=O) groups is 6.